The second-order valence-corrected chi connectivity index (χ2v) is 14.8. The quantitative estimate of drug-likeness (QED) is 0.247. The number of hydrogen-bond acceptors (Lipinski definition) is 8. The number of anilines is 2. The van der Waals surface area contributed by atoms with Crippen LogP contribution in [-0.4, -0.2) is 40.5 Å². The number of nitrogens with one attached hydrogen (secondary N) is 2. The smallest absolute Gasteiger partial charge is 1.00 e. The maximum atomic E-state index is 14.1. The SMILES string of the molecule is CC(C)(C)CCCCC1(C)C(=O)C(C2=NS(O)(O)c3cc(NS(C)(=O)=O)ccc3N2)=C(O)c2ccccc21.[H-].[Na+]. The van der Waals surface area contributed by atoms with Gasteiger partial charge in [-0.25, -0.2) is 8.42 Å². The molecule has 9 nitrogen and oxygen atoms in total. The van der Waals surface area contributed by atoms with E-state index in [1.807, 2.05) is 19.1 Å². The number of amidine groups is 1. The zero-order valence-corrected chi connectivity index (χ0v) is 26.8. The number of carbonyl (C=O) groups is 1. The van der Waals surface area contributed by atoms with Gasteiger partial charge in [0.15, 0.2) is 11.6 Å². The average molecular weight is 586 g/mol. The van der Waals surface area contributed by atoms with E-state index in [0.29, 0.717) is 12.0 Å². The topological polar surface area (TPSA) is 148 Å². The number of aliphatic hydroxyl groups is 1. The summed E-state index contributed by atoms with van der Waals surface area (Å²) in [5.41, 5.74) is 0.727. The van der Waals surface area contributed by atoms with E-state index in [-0.39, 0.29) is 75.6 Å². The van der Waals surface area contributed by atoms with Crippen molar-refractivity contribution in [3.05, 3.63) is 59.2 Å². The Bertz CT molecular complexity index is 1470. The monoisotopic (exact) mass is 585 g/mol. The van der Waals surface area contributed by atoms with E-state index in [1.54, 1.807) is 12.1 Å². The first-order chi connectivity index (χ1) is 17.5. The van der Waals surface area contributed by atoms with E-state index in [0.717, 1.165) is 31.1 Å². The number of aliphatic hydroxyl groups excluding tert-OH is 1. The van der Waals surface area contributed by atoms with Crippen LogP contribution in [0.25, 0.3) is 5.76 Å². The molecule has 0 spiro atoms. The molecule has 39 heavy (non-hydrogen) atoms. The van der Waals surface area contributed by atoms with Crippen LogP contribution in [0.15, 0.2) is 57.3 Å². The Kier molecular flexibility index (Phi) is 9.09. The first-order valence-electron chi connectivity index (χ1n) is 12.4. The van der Waals surface area contributed by atoms with E-state index < -0.39 is 26.2 Å². The van der Waals surface area contributed by atoms with Gasteiger partial charge in [-0.05, 0) is 48.9 Å². The summed E-state index contributed by atoms with van der Waals surface area (Å²) >= 11 is 0. The van der Waals surface area contributed by atoms with Crippen LogP contribution in [0, 0.1) is 5.41 Å². The van der Waals surface area contributed by atoms with Gasteiger partial charge in [-0.15, -0.1) is 4.40 Å². The van der Waals surface area contributed by atoms with Gasteiger partial charge in [-0.3, -0.25) is 18.6 Å². The fourth-order valence-corrected chi connectivity index (χ4v) is 6.72. The summed E-state index contributed by atoms with van der Waals surface area (Å²) in [5, 5.41) is 14.2. The molecule has 0 saturated heterocycles. The third kappa shape index (κ3) is 6.73. The Labute approximate surface area is 255 Å². The van der Waals surface area contributed by atoms with Gasteiger partial charge < -0.3 is 11.8 Å². The van der Waals surface area contributed by atoms with Crippen LogP contribution in [0.3, 0.4) is 0 Å². The maximum Gasteiger partial charge on any atom is 1.00 e. The van der Waals surface area contributed by atoms with Crippen LogP contribution in [0.1, 0.15) is 65.9 Å². The Morgan fingerprint density at radius 3 is 2.44 bits per heavy atom. The number of hydrogen-bond donors (Lipinski definition) is 5. The summed E-state index contributed by atoms with van der Waals surface area (Å²) in [6.45, 7) is 8.39. The molecule has 1 unspecified atom stereocenters. The predicted molar refractivity (Wildman–Crippen MR) is 154 cm³/mol. The average Bonchev–Trinajstić information content (AvgIpc) is 2.79. The van der Waals surface area contributed by atoms with Crippen molar-refractivity contribution in [1.29, 1.82) is 0 Å². The second-order valence-electron chi connectivity index (χ2n) is 11.4. The van der Waals surface area contributed by atoms with Gasteiger partial charge in [0.2, 0.25) is 10.0 Å². The molecule has 2 aliphatic rings. The fourth-order valence-electron chi connectivity index (χ4n) is 4.98. The van der Waals surface area contributed by atoms with Crippen LogP contribution in [0.4, 0.5) is 11.4 Å². The Hall–Kier alpha value is -1.86. The molecule has 0 amide bonds. The van der Waals surface area contributed by atoms with Crippen molar-refractivity contribution in [2.75, 3.05) is 16.3 Å². The summed E-state index contributed by atoms with van der Waals surface area (Å²) in [7, 11) is -7.41. The summed E-state index contributed by atoms with van der Waals surface area (Å²) in [4.78, 5) is 14.1. The minimum absolute atomic E-state index is 0. The van der Waals surface area contributed by atoms with Crippen LogP contribution in [-0.2, 0) is 20.2 Å². The first-order valence-corrected chi connectivity index (χ1v) is 15.8. The van der Waals surface area contributed by atoms with E-state index in [2.05, 4.69) is 35.2 Å². The van der Waals surface area contributed by atoms with Crippen LogP contribution in [0.2, 0.25) is 0 Å². The van der Waals surface area contributed by atoms with Crippen molar-refractivity contribution in [2.24, 2.45) is 9.81 Å². The van der Waals surface area contributed by atoms with Crippen molar-refractivity contribution < 1.29 is 58.4 Å². The van der Waals surface area contributed by atoms with E-state index in [9.17, 15) is 27.4 Å². The molecule has 1 aliphatic carbocycles. The number of rotatable bonds is 7. The summed E-state index contributed by atoms with van der Waals surface area (Å²) in [5.74, 6) is -0.776. The molecule has 5 N–H and O–H groups in total. The first kappa shape index (κ1) is 31.7. The molecule has 4 rings (SSSR count). The Morgan fingerprint density at radius 2 is 1.79 bits per heavy atom. The van der Waals surface area contributed by atoms with Crippen LogP contribution >= 0.6 is 10.8 Å². The minimum atomic E-state index is -3.82. The summed E-state index contributed by atoms with van der Waals surface area (Å²) in [6, 6.07) is 11.4. The predicted octanol–water partition coefficient (Wildman–Crippen LogP) is 3.44. The number of ketones is 1. The molecule has 0 radical (unpaired) electrons. The summed E-state index contributed by atoms with van der Waals surface area (Å²) in [6.07, 6.45) is 4.29. The third-order valence-corrected chi connectivity index (χ3v) is 8.86. The molecule has 2 aromatic carbocycles. The van der Waals surface area contributed by atoms with Gasteiger partial charge in [-0.1, -0.05) is 68.7 Å². The van der Waals surface area contributed by atoms with Crippen molar-refractivity contribution in [3.8, 4) is 0 Å². The molecule has 0 bridgehead atoms. The molecule has 0 saturated carbocycles. The Balaban J connectivity index is 0.00000280. The van der Waals surface area contributed by atoms with Gasteiger partial charge in [-0.2, -0.15) is 0 Å². The number of nitrogens with zero attached hydrogens (tertiary/aromatic N) is 1. The van der Waals surface area contributed by atoms with Crippen molar-refractivity contribution >= 4 is 49.6 Å². The largest absolute Gasteiger partial charge is 1.00 e. The van der Waals surface area contributed by atoms with E-state index in [4.69, 9.17) is 0 Å². The zero-order chi connectivity index (χ0) is 28.1. The molecule has 1 atom stereocenters. The zero-order valence-electron chi connectivity index (χ0n) is 24.2. The molecular formula is C27H36N3NaO6S2. The number of fused-ring (bicyclic) bond motifs is 2. The van der Waals surface area contributed by atoms with Crippen LogP contribution in [0.5, 0.6) is 0 Å². The number of unbranched alkanes of at least 4 members (excludes halogenated alkanes) is 1. The van der Waals surface area contributed by atoms with Crippen LogP contribution < -0.4 is 39.6 Å². The van der Waals surface area contributed by atoms with E-state index >= 15 is 0 Å². The van der Waals surface area contributed by atoms with Crippen molar-refractivity contribution in [3.63, 3.8) is 0 Å². The third-order valence-electron chi connectivity index (χ3n) is 6.88. The molecule has 0 aromatic heterocycles. The molecule has 0 fully saturated rings. The van der Waals surface area contributed by atoms with Gasteiger partial charge in [0.1, 0.15) is 16.2 Å². The summed E-state index contributed by atoms with van der Waals surface area (Å²) < 4.78 is 51.4. The van der Waals surface area contributed by atoms with Gasteiger partial charge in [0, 0.05) is 5.56 Å². The molecule has 2 aromatic rings. The molecule has 208 valence electrons. The molecule has 12 heteroatoms. The molecule has 1 aliphatic heterocycles. The number of sulfonamides is 1. The number of carbonyl (C=O) groups excluding carboxylic acids is 1. The standard InChI is InChI=1S/C27H35N3O6S2.Na.H/c1-26(2,3)14-8-9-15-27(4)19-11-7-6-10-18(19)23(31)22(24(27)32)25-28-20-13-12-17(29-37(5,33)34)16-21(20)38(35,36)30-25;;/h6-7,10-13,16,29,31,35-36H,8-9,14-15H2,1-5H3,(H,28,30);;/q;+1;-1. The second kappa shape index (κ2) is 11.2. The Morgan fingerprint density at radius 1 is 1.13 bits per heavy atom. The normalized spacial score (nSPS) is 21.1. The van der Waals surface area contributed by atoms with Gasteiger partial charge >= 0.3 is 29.6 Å². The fraction of sp³-hybridized carbons (Fsp3) is 0.407. The van der Waals surface area contributed by atoms with E-state index in [1.165, 1.54) is 18.2 Å². The molecule has 1 heterocycles. The van der Waals surface area contributed by atoms with Crippen molar-refractivity contribution in [1.82, 2.24) is 0 Å². The minimum Gasteiger partial charge on any atom is -1.00 e. The van der Waals surface area contributed by atoms with Crippen molar-refractivity contribution in [2.45, 2.75) is 63.7 Å². The van der Waals surface area contributed by atoms with Gasteiger partial charge in [0.05, 0.1) is 23.0 Å². The number of Topliss-reactive ketones (excluding diaryl/α,β-unsaturated/α-hetero) is 1. The molecular weight excluding hydrogens is 549 g/mol. The number of benzene rings is 2. The maximum absolute atomic E-state index is 14.1. The van der Waals surface area contributed by atoms with Gasteiger partial charge in [0.25, 0.3) is 0 Å².